The van der Waals surface area contributed by atoms with E-state index in [1.54, 1.807) is 0 Å². The molecule has 20 heavy (non-hydrogen) atoms. The maximum atomic E-state index is 13.8. The summed E-state index contributed by atoms with van der Waals surface area (Å²) in [4.78, 5) is 2.19. The summed E-state index contributed by atoms with van der Waals surface area (Å²) in [6, 6.07) is 4.39. The van der Waals surface area contributed by atoms with Gasteiger partial charge in [0, 0.05) is 30.2 Å². The molecule has 0 radical (unpaired) electrons. The molecule has 0 bridgehead atoms. The van der Waals surface area contributed by atoms with E-state index in [0.29, 0.717) is 12.6 Å². The molecule has 4 heteroatoms. The van der Waals surface area contributed by atoms with E-state index >= 15 is 0 Å². The number of nitrogens with zero attached hydrogens (tertiary/aromatic N) is 1. The third-order valence-corrected chi connectivity index (χ3v) is 4.49. The van der Waals surface area contributed by atoms with Crippen LogP contribution in [0.4, 0.5) is 8.78 Å². The minimum atomic E-state index is -0.451. The summed E-state index contributed by atoms with van der Waals surface area (Å²) in [5.74, 6) is -0.903. The van der Waals surface area contributed by atoms with E-state index in [1.165, 1.54) is 18.2 Å². The second-order valence-corrected chi connectivity index (χ2v) is 6.08. The van der Waals surface area contributed by atoms with Gasteiger partial charge in [-0.2, -0.15) is 0 Å². The number of rotatable bonds is 3. The Morgan fingerprint density at radius 3 is 2.60 bits per heavy atom. The quantitative estimate of drug-likeness (QED) is 0.915. The van der Waals surface area contributed by atoms with Gasteiger partial charge in [0.15, 0.2) is 0 Å². The summed E-state index contributed by atoms with van der Waals surface area (Å²) < 4.78 is 27.7. The summed E-state index contributed by atoms with van der Waals surface area (Å²) in [6.45, 7) is 8.53. The molecule has 0 amide bonds. The summed E-state index contributed by atoms with van der Waals surface area (Å²) in [5, 5.41) is 3.55. The first-order valence-corrected chi connectivity index (χ1v) is 7.37. The van der Waals surface area contributed by atoms with Crippen molar-refractivity contribution in [2.45, 2.75) is 51.7 Å². The van der Waals surface area contributed by atoms with Crippen molar-refractivity contribution >= 4 is 0 Å². The minimum absolute atomic E-state index is 0.00644. The Labute approximate surface area is 120 Å². The molecule has 1 saturated heterocycles. The largest absolute Gasteiger partial charge is 0.310 e. The number of benzene rings is 1. The predicted octanol–water partition coefficient (Wildman–Crippen LogP) is 3.32. The molecule has 1 fully saturated rings. The Morgan fingerprint density at radius 2 is 2.00 bits per heavy atom. The predicted molar refractivity (Wildman–Crippen MR) is 77.5 cm³/mol. The van der Waals surface area contributed by atoms with Gasteiger partial charge in [0.2, 0.25) is 0 Å². The molecule has 1 N–H and O–H groups in total. The molecular weight excluding hydrogens is 258 g/mol. The van der Waals surface area contributed by atoms with Crippen LogP contribution in [-0.2, 0) is 6.54 Å². The van der Waals surface area contributed by atoms with Crippen LogP contribution in [0.25, 0.3) is 0 Å². The molecule has 1 aliphatic heterocycles. The Balaban J connectivity index is 2.21. The van der Waals surface area contributed by atoms with Crippen molar-refractivity contribution in [3.05, 3.63) is 35.4 Å². The molecule has 112 valence electrons. The third-order valence-electron chi connectivity index (χ3n) is 4.49. The van der Waals surface area contributed by atoms with Crippen LogP contribution in [0.5, 0.6) is 0 Å². The molecule has 1 heterocycles. The van der Waals surface area contributed by atoms with Gasteiger partial charge in [-0.3, -0.25) is 4.90 Å². The van der Waals surface area contributed by atoms with Crippen LogP contribution < -0.4 is 5.32 Å². The second-order valence-electron chi connectivity index (χ2n) is 6.08. The maximum Gasteiger partial charge on any atom is 0.130 e. The molecule has 2 atom stereocenters. The number of hydrogen-bond acceptors (Lipinski definition) is 2. The van der Waals surface area contributed by atoms with E-state index in [4.69, 9.17) is 0 Å². The molecular formula is C16H24F2N2. The van der Waals surface area contributed by atoms with Crippen LogP contribution in [0.3, 0.4) is 0 Å². The van der Waals surface area contributed by atoms with Crippen LogP contribution >= 0.6 is 0 Å². The first-order chi connectivity index (χ1) is 9.45. The van der Waals surface area contributed by atoms with Gasteiger partial charge in [-0.1, -0.05) is 13.0 Å². The highest BCUT2D eigenvalue weighted by Crippen LogP contribution is 2.23. The fraction of sp³-hybridized carbons (Fsp3) is 0.625. The molecule has 0 aromatic heterocycles. The van der Waals surface area contributed by atoms with E-state index in [2.05, 4.69) is 31.0 Å². The Kier molecular flexibility index (Phi) is 4.76. The van der Waals surface area contributed by atoms with Gasteiger partial charge >= 0.3 is 0 Å². The van der Waals surface area contributed by atoms with Gasteiger partial charge in [-0.15, -0.1) is 0 Å². The summed E-state index contributed by atoms with van der Waals surface area (Å²) in [5.41, 5.74) is 0.187. The zero-order chi connectivity index (χ0) is 14.8. The van der Waals surface area contributed by atoms with Gasteiger partial charge in [0.1, 0.15) is 11.6 Å². The highest BCUT2D eigenvalue weighted by Gasteiger charge is 2.31. The van der Waals surface area contributed by atoms with Crippen molar-refractivity contribution in [3.63, 3.8) is 0 Å². The molecule has 1 aromatic rings. The number of halogens is 2. The van der Waals surface area contributed by atoms with Gasteiger partial charge < -0.3 is 5.32 Å². The fourth-order valence-corrected chi connectivity index (χ4v) is 2.76. The molecule has 1 aliphatic rings. The molecule has 2 nitrogen and oxygen atoms in total. The average molecular weight is 282 g/mol. The lowest BCUT2D eigenvalue weighted by atomic mass is 9.98. The van der Waals surface area contributed by atoms with Crippen molar-refractivity contribution in [2.24, 2.45) is 0 Å². The summed E-state index contributed by atoms with van der Waals surface area (Å²) >= 11 is 0. The third kappa shape index (κ3) is 3.36. The zero-order valence-corrected chi connectivity index (χ0v) is 12.5. The lowest BCUT2D eigenvalue weighted by Crippen LogP contribution is -2.49. The minimum Gasteiger partial charge on any atom is -0.310 e. The smallest absolute Gasteiger partial charge is 0.130 e. The first-order valence-electron chi connectivity index (χ1n) is 7.37. The maximum absolute atomic E-state index is 13.8. The Hall–Kier alpha value is -1.00. The Bertz CT molecular complexity index is 444. The van der Waals surface area contributed by atoms with Crippen molar-refractivity contribution in [2.75, 3.05) is 13.1 Å². The van der Waals surface area contributed by atoms with Crippen molar-refractivity contribution in [1.29, 1.82) is 0 Å². The van der Waals surface area contributed by atoms with Gasteiger partial charge in [0.25, 0.3) is 0 Å². The fourth-order valence-electron chi connectivity index (χ4n) is 2.76. The van der Waals surface area contributed by atoms with Gasteiger partial charge in [-0.25, -0.2) is 8.78 Å². The lowest BCUT2D eigenvalue weighted by molar-refractivity contribution is 0.160. The molecule has 2 rings (SSSR count). The van der Waals surface area contributed by atoms with Crippen LogP contribution in [0, 0.1) is 11.6 Å². The standard InChI is InChI=1S/C16H24F2N2/c1-4-16(3)11-20(12(2)8-9-19-16)10-13-14(17)6-5-7-15(13)18/h5-7,12,19H,4,8-11H2,1-3H3. The highest BCUT2D eigenvalue weighted by molar-refractivity contribution is 5.19. The Morgan fingerprint density at radius 1 is 1.35 bits per heavy atom. The molecule has 1 aromatic carbocycles. The van der Waals surface area contributed by atoms with Crippen molar-refractivity contribution < 1.29 is 8.78 Å². The number of hydrogen-bond donors (Lipinski definition) is 1. The molecule has 0 aliphatic carbocycles. The van der Waals surface area contributed by atoms with Crippen LogP contribution in [0.15, 0.2) is 18.2 Å². The lowest BCUT2D eigenvalue weighted by Gasteiger charge is -2.35. The van der Waals surface area contributed by atoms with Crippen molar-refractivity contribution in [3.8, 4) is 0 Å². The van der Waals surface area contributed by atoms with E-state index in [-0.39, 0.29) is 11.1 Å². The molecule has 2 unspecified atom stereocenters. The van der Waals surface area contributed by atoms with E-state index in [0.717, 1.165) is 25.9 Å². The molecule has 0 saturated carbocycles. The normalized spacial score (nSPS) is 28.4. The van der Waals surface area contributed by atoms with Crippen LogP contribution in [0.2, 0.25) is 0 Å². The van der Waals surface area contributed by atoms with Gasteiger partial charge in [0.05, 0.1) is 0 Å². The topological polar surface area (TPSA) is 15.3 Å². The zero-order valence-electron chi connectivity index (χ0n) is 12.5. The summed E-state index contributed by atoms with van der Waals surface area (Å²) in [6.07, 6.45) is 1.99. The van der Waals surface area contributed by atoms with Gasteiger partial charge in [-0.05, 0) is 45.4 Å². The first kappa shape index (κ1) is 15.4. The second kappa shape index (κ2) is 6.19. The van der Waals surface area contributed by atoms with E-state index in [9.17, 15) is 8.78 Å². The van der Waals surface area contributed by atoms with Crippen LogP contribution in [0.1, 0.15) is 39.2 Å². The highest BCUT2D eigenvalue weighted by atomic mass is 19.1. The molecule has 0 spiro atoms. The van der Waals surface area contributed by atoms with Crippen molar-refractivity contribution in [1.82, 2.24) is 10.2 Å². The SMILES string of the molecule is CCC1(C)CN(Cc2c(F)cccc2F)C(C)CCN1. The summed E-state index contributed by atoms with van der Waals surface area (Å²) in [7, 11) is 0. The number of nitrogens with one attached hydrogen (secondary N) is 1. The monoisotopic (exact) mass is 282 g/mol. The van der Waals surface area contributed by atoms with E-state index < -0.39 is 11.6 Å². The van der Waals surface area contributed by atoms with Crippen LogP contribution in [-0.4, -0.2) is 29.6 Å². The van der Waals surface area contributed by atoms with E-state index in [1.807, 2.05) is 0 Å². The average Bonchev–Trinajstić information content (AvgIpc) is 2.55.